The second-order valence-electron chi connectivity index (χ2n) is 4.95. The van der Waals surface area contributed by atoms with Crippen molar-refractivity contribution in [2.24, 2.45) is 11.7 Å². The molecule has 1 aromatic rings. The molecule has 1 aliphatic rings. The van der Waals surface area contributed by atoms with Crippen LogP contribution in [0.25, 0.3) is 0 Å². The number of benzene rings is 1. The molecule has 5 heteroatoms. The van der Waals surface area contributed by atoms with E-state index >= 15 is 0 Å². The average molecular weight is 266 g/mol. The van der Waals surface area contributed by atoms with Gasteiger partial charge in [-0.3, -0.25) is 4.79 Å². The molecular weight excluding hydrogens is 247 g/mol. The third kappa shape index (κ3) is 3.44. The lowest BCUT2D eigenvalue weighted by Crippen LogP contribution is -2.34. The van der Waals surface area contributed by atoms with Gasteiger partial charge in [0, 0.05) is 18.8 Å². The first-order valence-corrected chi connectivity index (χ1v) is 6.44. The molecule has 0 radical (unpaired) electrons. The second-order valence-corrected chi connectivity index (χ2v) is 4.95. The number of ether oxygens (including phenoxy) is 1. The topological polar surface area (TPSA) is 55.6 Å². The molecule has 0 saturated carbocycles. The summed E-state index contributed by atoms with van der Waals surface area (Å²) in [5, 5.41) is 0. The molecule has 2 unspecified atom stereocenters. The molecule has 0 bridgehead atoms. The minimum Gasteiger partial charge on any atom is -0.468 e. The zero-order valence-corrected chi connectivity index (χ0v) is 11.0. The molecule has 0 aromatic heterocycles. The number of methoxy groups -OCH3 is 1. The molecule has 0 spiro atoms. The molecule has 1 fully saturated rings. The van der Waals surface area contributed by atoms with Crippen molar-refractivity contribution in [3.8, 4) is 0 Å². The van der Waals surface area contributed by atoms with Crippen LogP contribution >= 0.6 is 0 Å². The molecule has 4 nitrogen and oxygen atoms in total. The monoisotopic (exact) mass is 266 g/mol. The van der Waals surface area contributed by atoms with Gasteiger partial charge in [-0.2, -0.15) is 0 Å². The summed E-state index contributed by atoms with van der Waals surface area (Å²) in [7, 11) is 1.34. The Labute approximate surface area is 112 Å². The van der Waals surface area contributed by atoms with Crippen molar-refractivity contribution in [3.63, 3.8) is 0 Å². The normalized spacial score (nSPS) is 20.4. The number of esters is 1. The van der Waals surface area contributed by atoms with Crippen molar-refractivity contribution < 1.29 is 13.9 Å². The van der Waals surface area contributed by atoms with Gasteiger partial charge >= 0.3 is 5.97 Å². The molecule has 104 valence electrons. The maximum Gasteiger partial charge on any atom is 0.322 e. The first kappa shape index (κ1) is 13.8. The number of nitrogens with zero attached hydrogens (tertiary/aromatic N) is 1. The van der Waals surface area contributed by atoms with Gasteiger partial charge in [-0.1, -0.05) is 6.07 Å². The lowest BCUT2D eigenvalue weighted by atomic mass is 10.00. The van der Waals surface area contributed by atoms with Crippen LogP contribution in [0, 0.1) is 11.7 Å². The summed E-state index contributed by atoms with van der Waals surface area (Å²) in [6, 6.07) is 6.00. The van der Waals surface area contributed by atoms with Gasteiger partial charge in [-0.25, -0.2) is 4.39 Å². The third-order valence-electron chi connectivity index (χ3n) is 3.55. The largest absolute Gasteiger partial charge is 0.468 e. The number of carbonyl (C=O) groups excluding carboxylic acids is 1. The highest BCUT2D eigenvalue weighted by Crippen LogP contribution is 2.26. The maximum atomic E-state index is 13.2. The molecule has 19 heavy (non-hydrogen) atoms. The fraction of sp³-hybridized carbons (Fsp3) is 0.500. The van der Waals surface area contributed by atoms with E-state index in [4.69, 9.17) is 5.73 Å². The Bertz CT molecular complexity index is 453. The van der Waals surface area contributed by atoms with Crippen molar-refractivity contribution in [3.05, 3.63) is 30.1 Å². The van der Waals surface area contributed by atoms with Crippen LogP contribution < -0.4 is 10.6 Å². The highest BCUT2D eigenvalue weighted by molar-refractivity contribution is 5.75. The lowest BCUT2D eigenvalue weighted by Gasteiger charge is -2.19. The number of rotatable bonds is 4. The van der Waals surface area contributed by atoms with Crippen molar-refractivity contribution in [1.82, 2.24) is 0 Å². The Hall–Kier alpha value is -1.62. The van der Waals surface area contributed by atoms with Gasteiger partial charge < -0.3 is 15.4 Å². The predicted octanol–water partition coefficient (Wildman–Crippen LogP) is 1.54. The van der Waals surface area contributed by atoms with Gasteiger partial charge in [0.25, 0.3) is 0 Å². The molecule has 2 atom stereocenters. The van der Waals surface area contributed by atoms with E-state index in [1.54, 1.807) is 6.07 Å². The van der Waals surface area contributed by atoms with Gasteiger partial charge in [0.2, 0.25) is 0 Å². The number of carbonyl (C=O) groups is 1. The lowest BCUT2D eigenvalue weighted by molar-refractivity contribution is -0.142. The summed E-state index contributed by atoms with van der Waals surface area (Å²) < 4.78 is 17.8. The molecule has 1 aromatic carbocycles. The highest BCUT2D eigenvalue weighted by atomic mass is 19.1. The van der Waals surface area contributed by atoms with Crippen LogP contribution in [0.5, 0.6) is 0 Å². The van der Waals surface area contributed by atoms with E-state index in [1.807, 2.05) is 6.07 Å². The smallest absolute Gasteiger partial charge is 0.322 e. The van der Waals surface area contributed by atoms with E-state index in [-0.39, 0.29) is 11.8 Å². The molecule has 0 aliphatic carbocycles. The Morgan fingerprint density at radius 2 is 2.42 bits per heavy atom. The summed E-state index contributed by atoms with van der Waals surface area (Å²) >= 11 is 0. The van der Waals surface area contributed by atoms with Crippen molar-refractivity contribution in [2.45, 2.75) is 18.9 Å². The van der Waals surface area contributed by atoms with Gasteiger partial charge in [0.1, 0.15) is 11.9 Å². The van der Waals surface area contributed by atoms with E-state index in [2.05, 4.69) is 9.64 Å². The minimum atomic E-state index is -0.567. The van der Waals surface area contributed by atoms with E-state index in [9.17, 15) is 9.18 Å². The summed E-state index contributed by atoms with van der Waals surface area (Å²) in [6.07, 6.45) is 1.57. The van der Waals surface area contributed by atoms with Gasteiger partial charge in [-0.15, -0.1) is 0 Å². The standard InChI is InChI=1S/C14H19FN2O2/c1-19-14(18)13(16)7-10-5-6-17(9-10)12-4-2-3-11(15)8-12/h2-4,8,10,13H,5-7,9,16H2,1H3. The zero-order chi connectivity index (χ0) is 13.8. The number of halogens is 1. The molecule has 1 aliphatic heterocycles. The first-order valence-electron chi connectivity index (χ1n) is 6.44. The summed E-state index contributed by atoms with van der Waals surface area (Å²) in [5.74, 6) is -0.256. The van der Waals surface area contributed by atoms with Crippen LogP contribution in [0.1, 0.15) is 12.8 Å². The van der Waals surface area contributed by atoms with Gasteiger partial charge in [-0.05, 0) is 37.0 Å². The predicted molar refractivity (Wildman–Crippen MR) is 71.3 cm³/mol. The molecule has 1 saturated heterocycles. The van der Waals surface area contributed by atoms with Crippen LogP contribution in [0.4, 0.5) is 10.1 Å². The first-order chi connectivity index (χ1) is 9.10. The van der Waals surface area contributed by atoms with E-state index in [0.717, 1.165) is 25.2 Å². The van der Waals surface area contributed by atoms with E-state index in [1.165, 1.54) is 19.2 Å². The van der Waals surface area contributed by atoms with Gasteiger partial charge in [0.15, 0.2) is 0 Å². The van der Waals surface area contributed by atoms with Crippen molar-refractivity contribution in [1.29, 1.82) is 0 Å². The van der Waals surface area contributed by atoms with Crippen LogP contribution in [-0.2, 0) is 9.53 Å². The molecule has 1 heterocycles. The molecule has 0 amide bonds. The Kier molecular flexibility index (Phi) is 4.37. The van der Waals surface area contributed by atoms with Crippen LogP contribution in [0.3, 0.4) is 0 Å². The number of anilines is 1. The molecule has 2 N–H and O–H groups in total. The van der Waals surface area contributed by atoms with Crippen LogP contribution in [-0.4, -0.2) is 32.2 Å². The molecule has 2 rings (SSSR count). The maximum absolute atomic E-state index is 13.2. The minimum absolute atomic E-state index is 0.229. The number of hydrogen-bond acceptors (Lipinski definition) is 4. The SMILES string of the molecule is COC(=O)C(N)CC1CCN(c2cccc(F)c2)C1. The average Bonchev–Trinajstić information content (AvgIpc) is 2.86. The Morgan fingerprint density at radius 3 is 3.11 bits per heavy atom. The summed E-state index contributed by atoms with van der Waals surface area (Å²) in [5.41, 5.74) is 6.65. The molecular formula is C14H19FN2O2. The van der Waals surface area contributed by atoms with Gasteiger partial charge in [0.05, 0.1) is 7.11 Å². The number of hydrogen-bond donors (Lipinski definition) is 1. The second kappa shape index (κ2) is 6.02. The van der Waals surface area contributed by atoms with E-state index in [0.29, 0.717) is 12.3 Å². The third-order valence-corrected chi connectivity index (χ3v) is 3.55. The Morgan fingerprint density at radius 1 is 1.63 bits per heavy atom. The van der Waals surface area contributed by atoms with Crippen molar-refractivity contribution >= 4 is 11.7 Å². The van der Waals surface area contributed by atoms with Crippen LogP contribution in [0.2, 0.25) is 0 Å². The van der Waals surface area contributed by atoms with E-state index < -0.39 is 6.04 Å². The quantitative estimate of drug-likeness (QED) is 0.840. The summed E-state index contributed by atoms with van der Waals surface area (Å²) in [4.78, 5) is 13.4. The van der Waals surface area contributed by atoms with Crippen LogP contribution in [0.15, 0.2) is 24.3 Å². The fourth-order valence-electron chi connectivity index (χ4n) is 2.54. The highest BCUT2D eigenvalue weighted by Gasteiger charge is 2.27. The number of nitrogens with two attached hydrogens (primary N) is 1. The van der Waals surface area contributed by atoms with Crippen molar-refractivity contribution in [2.75, 3.05) is 25.1 Å². The summed E-state index contributed by atoms with van der Waals surface area (Å²) in [6.45, 7) is 1.66. The fourth-order valence-corrected chi connectivity index (χ4v) is 2.54. The zero-order valence-electron chi connectivity index (χ0n) is 11.0. The Balaban J connectivity index is 1.91.